The van der Waals surface area contributed by atoms with Crippen LogP contribution in [0.5, 0.6) is 0 Å². The molecule has 28 heavy (non-hydrogen) atoms. The minimum absolute atomic E-state index is 0.0420. The number of aromatic nitrogens is 4. The quantitative estimate of drug-likeness (QED) is 0.653. The highest BCUT2D eigenvalue weighted by Gasteiger charge is 2.27. The fourth-order valence-corrected chi connectivity index (χ4v) is 3.48. The third-order valence-electron chi connectivity index (χ3n) is 5.11. The first kappa shape index (κ1) is 18.3. The minimum atomic E-state index is -0.300. The molecular formula is C20H22FN5O2. The van der Waals surface area contributed by atoms with Gasteiger partial charge < -0.3 is 9.42 Å². The normalized spacial score (nSPS) is 16.6. The lowest BCUT2D eigenvalue weighted by Crippen LogP contribution is -2.28. The van der Waals surface area contributed by atoms with Gasteiger partial charge in [-0.25, -0.2) is 4.39 Å². The van der Waals surface area contributed by atoms with Crippen molar-refractivity contribution < 1.29 is 13.7 Å². The van der Waals surface area contributed by atoms with Gasteiger partial charge >= 0.3 is 0 Å². The molecule has 3 aromatic rings. The van der Waals surface area contributed by atoms with Crippen molar-refractivity contribution in [2.75, 3.05) is 13.1 Å². The average molecular weight is 383 g/mol. The van der Waals surface area contributed by atoms with E-state index in [4.69, 9.17) is 4.52 Å². The molecule has 0 radical (unpaired) electrons. The molecule has 1 fully saturated rings. The van der Waals surface area contributed by atoms with Crippen LogP contribution in [-0.2, 0) is 13.0 Å². The molecule has 1 aromatic carbocycles. The van der Waals surface area contributed by atoms with Crippen LogP contribution in [0.25, 0.3) is 11.5 Å². The molecule has 0 spiro atoms. The minimum Gasteiger partial charge on any atom is -0.338 e. The van der Waals surface area contributed by atoms with Gasteiger partial charge in [0.1, 0.15) is 5.82 Å². The number of hydrogen-bond donors (Lipinski definition) is 0. The average Bonchev–Trinajstić information content (AvgIpc) is 3.46. The molecule has 1 aliphatic rings. The lowest BCUT2D eigenvalue weighted by molar-refractivity contribution is 0.0786. The van der Waals surface area contributed by atoms with Crippen LogP contribution in [0, 0.1) is 11.7 Å². The van der Waals surface area contributed by atoms with Crippen molar-refractivity contribution in [1.29, 1.82) is 0 Å². The maximum Gasteiger partial charge on any atom is 0.257 e. The number of amides is 1. The largest absolute Gasteiger partial charge is 0.338 e. The number of halogens is 1. The molecule has 146 valence electrons. The summed E-state index contributed by atoms with van der Waals surface area (Å²) in [6.45, 7) is 4.24. The predicted molar refractivity (Wildman–Crippen MR) is 99.9 cm³/mol. The topological polar surface area (TPSA) is 77.0 Å². The Morgan fingerprint density at radius 2 is 2.14 bits per heavy atom. The third kappa shape index (κ3) is 3.95. The van der Waals surface area contributed by atoms with Crippen LogP contribution in [0.3, 0.4) is 0 Å². The Kier molecular flexibility index (Phi) is 5.18. The van der Waals surface area contributed by atoms with E-state index in [9.17, 15) is 9.18 Å². The molecule has 0 aliphatic carbocycles. The van der Waals surface area contributed by atoms with Crippen LogP contribution >= 0.6 is 0 Å². The van der Waals surface area contributed by atoms with E-state index in [2.05, 4.69) is 15.2 Å². The summed E-state index contributed by atoms with van der Waals surface area (Å²) in [5.41, 5.74) is 1.34. The van der Waals surface area contributed by atoms with Gasteiger partial charge in [0.25, 0.3) is 11.8 Å². The number of likely N-dealkylation sites (tertiary alicyclic amines) is 1. The maximum atomic E-state index is 13.0. The summed E-state index contributed by atoms with van der Waals surface area (Å²) in [7, 11) is 0. The van der Waals surface area contributed by atoms with Gasteiger partial charge in [-0.3, -0.25) is 9.48 Å². The summed E-state index contributed by atoms with van der Waals surface area (Å²) in [5.74, 6) is 1.18. The van der Waals surface area contributed by atoms with E-state index in [0.717, 1.165) is 32.5 Å². The van der Waals surface area contributed by atoms with Gasteiger partial charge in [-0.1, -0.05) is 5.16 Å². The number of carbonyl (C=O) groups excluding carboxylic acids is 1. The van der Waals surface area contributed by atoms with Crippen molar-refractivity contribution in [3.63, 3.8) is 0 Å². The first-order chi connectivity index (χ1) is 13.6. The molecule has 1 saturated heterocycles. The molecule has 7 nitrogen and oxygen atoms in total. The van der Waals surface area contributed by atoms with Crippen molar-refractivity contribution in [3.05, 3.63) is 53.9 Å². The van der Waals surface area contributed by atoms with Gasteiger partial charge in [-0.2, -0.15) is 10.1 Å². The predicted octanol–water partition coefficient (Wildman–Crippen LogP) is 3.19. The number of nitrogens with zero attached hydrogens (tertiary/aromatic N) is 5. The molecule has 0 saturated carbocycles. The Labute approximate surface area is 162 Å². The molecule has 1 unspecified atom stereocenters. The highest BCUT2D eigenvalue weighted by atomic mass is 19.1. The number of benzene rings is 1. The van der Waals surface area contributed by atoms with Crippen LogP contribution in [-0.4, -0.2) is 43.8 Å². The Morgan fingerprint density at radius 1 is 1.32 bits per heavy atom. The van der Waals surface area contributed by atoms with Gasteiger partial charge in [0.2, 0.25) is 0 Å². The maximum absolute atomic E-state index is 13.0. The Hall–Kier alpha value is -3.03. The molecule has 8 heteroatoms. The van der Waals surface area contributed by atoms with E-state index in [0.29, 0.717) is 35.2 Å². The van der Waals surface area contributed by atoms with Gasteiger partial charge in [0.05, 0.1) is 11.8 Å². The van der Waals surface area contributed by atoms with E-state index in [1.165, 1.54) is 12.1 Å². The zero-order valence-electron chi connectivity index (χ0n) is 15.7. The standard InChI is InChI=1S/C20H22FN5O2/c1-2-26-13-16(11-22-26)20(27)25-10-9-14(12-25)3-8-18-23-19(28-24-18)15-4-6-17(21)7-5-15/h4-7,11,13-14H,2-3,8-10,12H2,1H3. The first-order valence-corrected chi connectivity index (χ1v) is 9.52. The van der Waals surface area contributed by atoms with Crippen molar-refractivity contribution in [1.82, 2.24) is 24.8 Å². The molecule has 0 N–H and O–H groups in total. The second-order valence-electron chi connectivity index (χ2n) is 7.05. The highest BCUT2D eigenvalue weighted by Crippen LogP contribution is 2.24. The smallest absolute Gasteiger partial charge is 0.257 e. The number of aryl methyl sites for hydroxylation is 2. The molecule has 3 heterocycles. The van der Waals surface area contributed by atoms with Crippen molar-refractivity contribution in [2.24, 2.45) is 5.92 Å². The molecular weight excluding hydrogens is 361 g/mol. The number of carbonyl (C=O) groups is 1. The van der Waals surface area contributed by atoms with Gasteiger partial charge in [0.15, 0.2) is 5.82 Å². The Balaban J connectivity index is 1.30. The van der Waals surface area contributed by atoms with Gasteiger partial charge in [-0.05, 0) is 49.9 Å². The summed E-state index contributed by atoms with van der Waals surface area (Å²) in [4.78, 5) is 18.9. The molecule has 0 bridgehead atoms. The fourth-order valence-electron chi connectivity index (χ4n) is 3.48. The van der Waals surface area contributed by atoms with E-state index in [1.54, 1.807) is 29.2 Å². The SMILES string of the molecule is CCn1cc(C(=O)N2CCC(CCc3noc(-c4ccc(F)cc4)n3)C2)cn1. The number of hydrogen-bond acceptors (Lipinski definition) is 5. The second kappa shape index (κ2) is 7.92. The van der Waals surface area contributed by atoms with Crippen LogP contribution in [0.4, 0.5) is 4.39 Å². The van der Waals surface area contributed by atoms with E-state index >= 15 is 0 Å². The first-order valence-electron chi connectivity index (χ1n) is 9.52. The molecule has 1 aliphatic heterocycles. The summed E-state index contributed by atoms with van der Waals surface area (Å²) < 4.78 is 20.1. The van der Waals surface area contributed by atoms with E-state index in [-0.39, 0.29) is 11.7 Å². The molecule has 4 rings (SSSR count). The van der Waals surface area contributed by atoms with Crippen LogP contribution < -0.4 is 0 Å². The molecule has 1 amide bonds. The van der Waals surface area contributed by atoms with E-state index < -0.39 is 0 Å². The van der Waals surface area contributed by atoms with Crippen molar-refractivity contribution >= 4 is 5.91 Å². The Bertz CT molecular complexity index is 950. The van der Waals surface area contributed by atoms with E-state index in [1.807, 2.05) is 11.8 Å². The summed E-state index contributed by atoms with van der Waals surface area (Å²) >= 11 is 0. The lowest BCUT2D eigenvalue weighted by atomic mass is 10.0. The zero-order chi connectivity index (χ0) is 19.5. The number of rotatable bonds is 6. The fraction of sp³-hybridized carbons (Fsp3) is 0.400. The van der Waals surface area contributed by atoms with Crippen LogP contribution in [0.15, 0.2) is 41.2 Å². The highest BCUT2D eigenvalue weighted by molar-refractivity contribution is 5.93. The van der Waals surface area contributed by atoms with Gasteiger partial charge in [0, 0.05) is 37.8 Å². The molecule has 2 aromatic heterocycles. The summed E-state index contributed by atoms with van der Waals surface area (Å²) in [6.07, 6.45) is 5.98. The van der Waals surface area contributed by atoms with Crippen molar-refractivity contribution in [2.45, 2.75) is 32.7 Å². The van der Waals surface area contributed by atoms with Crippen LogP contribution in [0.2, 0.25) is 0 Å². The van der Waals surface area contributed by atoms with Gasteiger partial charge in [-0.15, -0.1) is 0 Å². The van der Waals surface area contributed by atoms with Crippen LogP contribution in [0.1, 0.15) is 35.9 Å². The lowest BCUT2D eigenvalue weighted by Gasteiger charge is -2.15. The monoisotopic (exact) mass is 383 g/mol. The molecule has 1 atom stereocenters. The summed E-state index contributed by atoms with van der Waals surface area (Å²) in [5, 5.41) is 8.19. The second-order valence-corrected chi connectivity index (χ2v) is 7.05. The summed E-state index contributed by atoms with van der Waals surface area (Å²) in [6, 6.07) is 5.97. The van der Waals surface area contributed by atoms with Crippen molar-refractivity contribution in [3.8, 4) is 11.5 Å². The Morgan fingerprint density at radius 3 is 2.89 bits per heavy atom. The third-order valence-corrected chi connectivity index (χ3v) is 5.11. The zero-order valence-corrected chi connectivity index (χ0v) is 15.7.